The van der Waals surface area contributed by atoms with Crippen LogP contribution in [0, 0.1) is 0 Å². The first-order valence-electron chi connectivity index (χ1n) is 29.8. The first-order chi connectivity index (χ1) is 35.1. The van der Waals surface area contributed by atoms with E-state index in [4.69, 9.17) is 19.1 Å². The molecule has 0 amide bonds. The zero-order valence-corrected chi connectivity index (χ0v) is 46.0. The summed E-state index contributed by atoms with van der Waals surface area (Å²) in [5.41, 5.74) is 10.5. The molecule has 0 bridgehead atoms. The fraction of sp³-hybridized carbons (Fsp3) is 0.636. The third kappa shape index (κ3) is 28.4. The maximum absolute atomic E-state index is 6.45. The zero-order chi connectivity index (χ0) is 50.1. The molecule has 0 aliphatic heterocycles. The highest BCUT2D eigenvalue weighted by atomic mass is 16.9. The van der Waals surface area contributed by atoms with Crippen molar-refractivity contribution in [3.8, 4) is 33.8 Å². The highest BCUT2D eigenvalue weighted by molar-refractivity contribution is 5.71. The van der Waals surface area contributed by atoms with Gasteiger partial charge in [-0.05, 0) is 99.6 Å². The van der Waals surface area contributed by atoms with Gasteiger partial charge in [0.15, 0.2) is 0 Å². The van der Waals surface area contributed by atoms with Crippen LogP contribution in [0.5, 0.6) is 11.5 Å². The molecule has 2 unspecified atom stereocenters. The van der Waals surface area contributed by atoms with Crippen molar-refractivity contribution in [2.75, 3.05) is 13.2 Å². The van der Waals surface area contributed by atoms with Crippen molar-refractivity contribution in [1.29, 1.82) is 0 Å². The van der Waals surface area contributed by atoms with Crippen LogP contribution in [0.1, 0.15) is 244 Å². The Labute approximate surface area is 436 Å². The molecular weight excluding hydrogens is 871 g/mol. The van der Waals surface area contributed by atoms with Crippen LogP contribution >= 0.6 is 0 Å². The van der Waals surface area contributed by atoms with E-state index < -0.39 is 0 Å². The smallest absolute Gasteiger partial charge is 0.127 e. The molecular formula is C66H103NO4. The minimum absolute atomic E-state index is 0.151. The lowest BCUT2D eigenvalue weighted by molar-refractivity contribution is -0.217. The number of hydrogen-bond donors (Lipinski definition) is 1. The van der Waals surface area contributed by atoms with Gasteiger partial charge in [-0.1, -0.05) is 271 Å². The maximum atomic E-state index is 6.45. The van der Waals surface area contributed by atoms with E-state index in [1.807, 2.05) is 0 Å². The molecule has 0 saturated carbocycles. The summed E-state index contributed by atoms with van der Waals surface area (Å²) < 4.78 is 12.9. The van der Waals surface area contributed by atoms with Gasteiger partial charge < -0.3 is 9.47 Å². The van der Waals surface area contributed by atoms with Crippen LogP contribution in [0.25, 0.3) is 22.3 Å². The van der Waals surface area contributed by atoms with E-state index in [2.05, 4.69) is 130 Å². The van der Waals surface area contributed by atoms with E-state index in [1.54, 1.807) is 0 Å². The number of benzene rings is 4. The van der Waals surface area contributed by atoms with Crippen molar-refractivity contribution < 1.29 is 19.1 Å². The molecule has 0 spiro atoms. The zero-order valence-electron chi connectivity index (χ0n) is 46.0. The molecule has 0 aliphatic carbocycles. The van der Waals surface area contributed by atoms with Crippen molar-refractivity contribution in [2.24, 2.45) is 0 Å². The number of nitrogens with one attached hydrogen (secondary N) is 1. The van der Waals surface area contributed by atoms with Gasteiger partial charge in [0.1, 0.15) is 11.5 Å². The quantitative estimate of drug-likeness (QED) is 0.0353. The standard InChI is InChI=1S/C66H103NO4/c1-5-7-9-11-13-21-27-39-53-68-65-55-59(49-51-63(65)61-45-35-29-36-46-61)43-33-25-19-15-17-23-31-41-57(3)70-67-71-58(4)42-32-24-18-16-20-26-34-44-60-50-52-64(62-47-37-30-38-48-62)66(56-60)69-54-40-28-22-14-12-10-8-6-2/h29-30,35-38,45-52,55-58,67H,5-28,31-34,39-44,53-54H2,1-4H3. The number of rotatable bonds is 46. The van der Waals surface area contributed by atoms with Gasteiger partial charge in [-0.25, -0.2) is 0 Å². The van der Waals surface area contributed by atoms with Gasteiger partial charge >= 0.3 is 0 Å². The molecule has 5 heteroatoms. The minimum Gasteiger partial charge on any atom is -0.493 e. The Bertz CT molecular complexity index is 1700. The second-order valence-electron chi connectivity index (χ2n) is 21.0. The minimum atomic E-state index is 0.151. The van der Waals surface area contributed by atoms with Crippen molar-refractivity contribution in [3.63, 3.8) is 0 Å². The normalized spacial score (nSPS) is 12.3. The lowest BCUT2D eigenvalue weighted by Gasteiger charge is -2.16. The summed E-state index contributed by atoms with van der Waals surface area (Å²) in [5, 5.41) is 0. The molecule has 71 heavy (non-hydrogen) atoms. The SMILES string of the molecule is CCCCCCCCCCOc1cc(CCCCCCCCCC(C)ONOC(C)CCCCCCCCCc2ccc(-c3ccccc3)c(OCCCCCCCCCC)c2)ccc1-c1ccccc1. The van der Waals surface area contributed by atoms with Crippen molar-refractivity contribution >= 4 is 0 Å². The fourth-order valence-corrected chi connectivity index (χ4v) is 9.83. The maximum Gasteiger partial charge on any atom is 0.127 e. The molecule has 0 aromatic heterocycles. The number of unbranched alkanes of at least 4 members (excludes halogenated alkanes) is 26. The van der Waals surface area contributed by atoms with E-state index in [0.29, 0.717) is 0 Å². The molecule has 2 atom stereocenters. The number of ether oxygens (including phenoxy) is 2. The van der Waals surface area contributed by atoms with Crippen molar-refractivity contribution in [1.82, 2.24) is 5.64 Å². The first-order valence-corrected chi connectivity index (χ1v) is 29.8. The van der Waals surface area contributed by atoms with Gasteiger partial charge in [0.05, 0.1) is 25.4 Å². The summed E-state index contributed by atoms with van der Waals surface area (Å²) >= 11 is 0. The lowest BCUT2D eigenvalue weighted by Crippen LogP contribution is -2.26. The van der Waals surface area contributed by atoms with E-state index in [9.17, 15) is 0 Å². The fourth-order valence-electron chi connectivity index (χ4n) is 9.83. The predicted molar refractivity (Wildman–Crippen MR) is 305 cm³/mol. The second kappa shape index (κ2) is 40.8. The van der Waals surface area contributed by atoms with Crippen molar-refractivity contribution in [2.45, 2.75) is 258 Å². The Hall–Kier alpha value is -3.64. The molecule has 0 heterocycles. The average molecular weight is 975 g/mol. The Morgan fingerprint density at radius 2 is 0.676 bits per heavy atom. The highest BCUT2D eigenvalue weighted by Crippen LogP contribution is 2.33. The van der Waals surface area contributed by atoms with Crippen LogP contribution in [-0.2, 0) is 22.5 Å². The Morgan fingerprint density at radius 3 is 1.04 bits per heavy atom. The van der Waals surface area contributed by atoms with E-state index >= 15 is 0 Å². The van der Waals surface area contributed by atoms with E-state index in [0.717, 1.165) is 63.2 Å². The molecule has 4 aromatic rings. The van der Waals surface area contributed by atoms with Crippen LogP contribution < -0.4 is 15.1 Å². The van der Waals surface area contributed by atoms with Crippen LogP contribution in [0.3, 0.4) is 0 Å². The summed E-state index contributed by atoms with van der Waals surface area (Å²) in [7, 11) is 0. The highest BCUT2D eigenvalue weighted by Gasteiger charge is 2.11. The summed E-state index contributed by atoms with van der Waals surface area (Å²) in [5.74, 6) is 2.10. The molecule has 5 nitrogen and oxygen atoms in total. The van der Waals surface area contributed by atoms with Crippen LogP contribution in [0.15, 0.2) is 97.1 Å². The predicted octanol–water partition coefficient (Wildman–Crippen LogP) is 20.3. The summed E-state index contributed by atoms with van der Waals surface area (Å²) in [6.45, 7) is 10.5. The third-order valence-corrected chi connectivity index (χ3v) is 14.4. The molecule has 0 fully saturated rings. The van der Waals surface area contributed by atoms with Crippen LogP contribution in [-0.4, -0.2) is 25.4 Å². The van der Waals surface area contributed by atoms with Gasteiger partial charge in [-0.2, -0.15) is 0 Å². The third-order valence-electron chi connectivity index (χ3n) is 14.4. The van der Waals surface area contributed by atoms with Gasteiger partial charge in [-0.3, -0.25) is 9.68 Å². The molecule has 0 aliphatic rings. The molecule has 396 valence electrons. The molecule has 4 aromatic carbocycles. The Kier molecular flexibility index (Phi) is 34.4. The Balaban J connectivity index is 0.956. The van der Waals surface area contributed by atoms with Crippen LogP contribution in [0.4, 0.5) is 0 Å². The topological polar surface area (TPSA) is 49.0 Å². The largest absolute Gasteiger partial charge is 0.493 e. The van der Waals surface area contributed by atoms with Crippen LogP contribution in [0.2, 0.25) is 0 Å². The van der Waals surface area contributed by atoms with E-state index in [1.165, 1.54) is 213 Å². The Morgan fingerprint density at radius 1 is 0.352 bits per heavy atom. The molecule has 4 rings (SSSR count). The molecule has 1 N–H and O–H groups in total. The monoisotopic (exact) mass is 974 g/mol. The number of hydrogen-bond acceptors (Lipinski definition) is 5. The second-order valence-corrected chi connectivity index (χ2v) is 21.0. The van der Waals surface area contributed by atoms with Gasteiger partial charge in [0.2, 0.25) is 0 Å². The van der Waals surface area contributed by atoms with Gasteiger partial charge in [-0.15, -0.1) is 0 Å². The first kappa shape index (κ1) is 59.9. The molecule has 0 radical (unpaired) electrons. The van der Waals surface area contributed by atoms with Gasteiger partial charge in [0.25, 0.3) is 0 Å². The van der Waals surface area contributed by atoms with Gasteiger partial charge in [0, 0.05) is 11.1 Å². The summed E-state index contributed by atoms with van der Waals surface area (Å²) in [4.78, 5) is 11.6. The summed E-state index contributed by atoms with van der Waals surface area (Å²) in [6, 6.07) is 35.3. The average Bonchev–Trinajstić information content (AvgIpc) is 3.39. The summed E-state index contributed by atoms with van der Waals surface area (Å²) in [6.07, 6.45) is 43.6. The molecule has 0 saturated heterocycles. The van der Waals surface area contributed by atoms with E-state index in [-0.39, 0.29) is 12.2 Å². The lowest BCUT2D eigenvalue weighted by atomic mass is 9.99. The van der Waals surface area contributed by atoms with Crippen molar-refractivity contribution in [3.05, 3.63) is 108 Å². The number of aryl methyl sites for hydroxylation is 2.